The Hall–Kier alpha value is -1.92. The Balaban J connectivity index is 2.08. The second-order valence-electron chi connectivity index (χ2n) is 3.51. The van der Waals surface area contributed by atoms with Crippen molar-refractivity contribution in [1.82, 2.24) is 4.98 Å². The summed E-state index contributed by atoms with van der Waals surface area (Å²) in [7, 11) is 1.30. The smallest absolute Gasteiger partial charge is 0.338 e. The van der Waals surface area contributed by atoms with E-state index in [9.17, 15) is 9.59 Å². The van der Waals surface area contributed by atoms with Gasteiger partial charge < -0.3 is 10.1 Å². The predicted octanol–water partition coefficient (Wildman–Crippen LogP) is 2.84. The lowest BCUT2D eigenvalue weighted by Gasteiger charge is -2.01. The van der Waals surface area contributed by atoms with Crippen LogP contribution in [0, 0.1) is 0 Å². The Bertz CT molecular complexity index is 610. The van der Waals surface area contributed by atoms with E-state index in [1.165, 1.54) is 30.7 Å². The normalized spacial score (nSPS) is 10.0. The molecule has 1 amide bonds. The Morgan fingerprint density at radius 1 is 1.42 bits per heavy atom. The summed E-state index contributed by atoms with van der Waals surface area (Å²) in [6.45, 7) is 0. The number of carbonyl (C=O) groups excluding carboxylic acids is 2. The Kier molecular flexibility index (Phi) is 4.13. The largest absolute Gasteiger partial charge is 0.465 e. The fraction of sp³-hybridized carbons (Fsp3) is 0.0833. The number of amides is 1. The molecule has 0 atom stereocenters. The number of ether oxygens (including phenoxy) is 1. The zero-order valence-corrected chi connectivity index (χ0v) is 11.4. The van der Waals surface area contributed by atoms with Crippen molar-refractivity contribution in [2.45, 2.75) is 0 Å². The molecule has 0 aliphatic heterocycles. The summed E-state index contributed by atoms with van der Waals surface area (Å²) in [6, 6.07) is 4.65. The number of thiophene rings is 1. The summed E-state index contributed by atoms with van der Waals surface area (Å²) in [5.41, 5.74) is 0.643. The number of aromatic nitrogens is 1. The minimum absolute atomic E-state index is 0.248. The molecule has 0 saturated heterocycles. The van der Waals surface area contributed by atoms with E-state index in [0.717, 1.165) is 0 Å². The minimum atomic E-state index is -0.443. The summed E-state index contributed by atoms with van der Waals surface area (Å²) in [5.74, 6) is -0.809. The van der Waals surface area contributed by atoms with Gasteiger partial charge in [-0.05, 0) is 18.2 Å². The molecule has 0 fully saturated rings. The van der Waals surface area contributed by atoms with Gasteiger partial charge in [0, 0.05) is 11.6 Å². The second kappa shape index (κ2) is 5.81. The number of hydrogen-bond donors (Lipinski definition) is 1. The molecule has 0 aromatic carbocycles. The van der Waals surface area contributed by atoms with E-state index in [-0.39, 0.29) is 11.6 Å². The van der Waals surface area contributed by atoms with E-state index in [0.29, 0.717) is 15.6 Å². The van der Waals surface area contributed by atoms with Gasteiger partial charge in [-0.15, -0.1) is 11.3 Å². The lowest BCUT2D eigenvalue weighted by molar-refractivity contribution is 0.0601. The van der Waals surface area contributed by atoms with Crippen LogP contribution in [-0.4, -0.2) is 24.0 Å². The van der Waals surface area contributed by atoms with Gasteiger partial charge in [-0.2, -0.15) is 0 Å². The van der Waals surface area contributed by atoms with Crippen LogP contribution in [0.25, 0.3) is 0 Å². The standard InChI is InChI=1S/C12H9ClN2O3S/c1-18-12(17)7-4-10(19-6-7)15-11(16)9-3-2-8(13)5-14-9/h2-6H,1H3,(H,15,16). The van der Waals surface area contributed by atoms with E-state index in [1.807, 2.05) is 0 Å². The molecule has 7 heteroatoms. The van der Waals surface area contributed by atoms with Crippen molar-refractivity contribution >= 4 is 39.8 Å². The van der Waals surface area contributed by atoms with E-state index >= 15 is 0 Å². The zero-order chi connectivity index (χ0) is 13.8. The summed E-state index contributed by atoms with van der Waals surface area (Å²) >= 11 is 6.92. The number of nitrogens with one attached hydrogen (secondary N) is 1. The molecule has 1 N–H and O–H groups in total. The fourth-order valence-corrected chi connectivity index (χ4v) is 2.19. The first kappa shape index (κ1) is 13.5. The number of halogens is 1. The monoisotopic (exact) mass is 296 g/mol. The summed E-state index contributed by atoms with van der Waals surface area (Å²) in [4.78, 5) is 27.0. The van der Waals surface area contributed by atoms with Crippen LogP contribution in [0.1, 0.15) is 20.8 Å². The number of methoxy groups -OCH3 is 1. The molecule has 0 bridgehead atoms. The van der Waals surface area contributed by atoms with Gasteiger partial charge in [-0.1, -0.05) is 11.6 Å². The first-order valence-corrected chi connectivity index (χ1v) is 6.45. The molecule has 2 rings (SSSR count). The van der Waals surface area contributed by atoms with Crippen molar-refractivity contribution in [1.29, 1.82) is 0 Å². The molecule has 0 radical (unpaired) electrons. The molecule has 0 spiro atoms. The Morgan fingerprint density at radius 3 is 2.84 bits per heavy atom. The first-order chi connectivity index (χ1) is 9.10. The Labute approximate surface area is 118 Å². The molecule has 0 unspecified atom stereocenters. The van der Waals surface area contributed by atoms with Gasteiger partial charge in [0.2, 0.25) is 0 Å². The van der Waals surface area contributed by atoms with Crippen molar-refractivity contribution < 1.29 is 14.3 Å². The van der Waals surface area contributed by atoms with Gasteiger partial charge in [0.25, 0.3) is 5.91 Å². The number of pyridine rings is 1. The highest BCUT2D eigenvalue weighted by Crippen LogP contribution is 2.21. The minimum Gasteiger partial charge on any atom is -0.465 e. The highest BCUT2D eigenvalue weighted by atomic mass is 35.5. The quantitative estimate of drug-likeness (QED) is 0.884. The highest BCUT2D eigenvalue weighted by molar-refractivity contribution is 7.14. The summed E-state index contributed by atoms with van der Waals surface area (Å²) in [5, 5.41) is 5.25. The van der Waals surface area contributed by atoms with Crippen molar-refractivity contribution in [3.8, 4) is 0 Å². The molecule has 98 valence electrons. The lowest BCUT2D eigenvalue weighted by atomic mass is 10.3. The number of rotatable bonds is 3. The summed E-state index contributed by atoms with van der Waals surface area (Å²) < 4.78 is 4.58. The second-order valence-corrected chi connectivity index (χ2v) is 4.85. The van der Waals surface area contributed by atoms with Crippen LogP contribution in [0.3, 0.4) is 0 Å². The van der Waals surface area contributed by atoms with Crippen LogP contribution in [0.2, 0.25) is 5.02 Å². The average Bonchev–Trinajstić information content (AvgIpc) is 2.87. The van der Waals surface area contributed by atoms with Gasteiger partial charge in [-0.3, -0.25) is 4.79 Å². The molecule has 2 heterocycles. The predicted molar refractivity (Wildman–Crippen MR) is 72.9 cm³/mol. The van der Waals surface area contributed by atoms with Gasteiger partial charge in [0.05, 0.1) is 22.7 Å². The summed E-state index contributed by atoms with van der Waals surface area (Å²) in [6.07, 6.45) is 1.39. The van der Waals surface area contributed by atoms with Crippen molar-refractivity contribution in [3.63, 3.8) is 0 Å². The highest BCUT2D eigenvalue weighted by Gasteiger charge is 2.12. The number of nitrogens with zero attached hydrogens (tertiary/aromatic N) is 1. The molecule has 2 aromatic rings. The maximum absolute atomic E-state index is 11.8. The van der Waals surface area contributed by atoms with Crippen molar-refractivity contribution in [3.05, 3.63) is 46.1 Å². The third kappa shape index (κ3) is 3.30. The van der Waals surface area contributed by atoms with Crippen LogP contribution < -0.4 is 5.32 Å². The van der Waals surface area contributed by atoms with Gasteiger partial charge in [-0.25, -0.2) is 9.78 Å². The molecule has 2 aromatic heterocycles. The van der Waals surface area contributed by atoms with E-state index in [4.69, 9.17) is 11.6 Å². The van der Waals surface area contributed by atoms with E-state index in [2.05, 4.69) is 15.0 Å². The molecule has 5 nitrogen and oxygen atoms in total. The third-order valence-electron chi connectivity index (χ3n) is 2.22. The number of esters is 1. The van der Waals surface area contributed by atoms with Gasteiger partial charge in [0.15, 0.2) is 0 Å². The number of carbonyl (C=O) groups is 2. The topological polar surface area (TPSA) is 68.3 Å². The van der Waals surface area contributed by atoms with Crippen LogP contribution in [0.4, 0.5) is 5.00 Å². The fourth-order valence-electron chi connectivity index (χ4n) is 1.31. The lowest BCUT2D eigenvalue weighted by Crippen LogP contribution is -2.12. The van der Waals surface area contributed by atoms with E-state index < -0.39 is 5.97 Å². The molecule has 0 aliphatic carbocycles. The van der Waals surface area contributed by atoms with Crippen molar-refractivity contribution in [2.24, 2.45) is 0 Å². The molecular weight excluding hydrogens is 288 g/mol. The van der Waals surface area contributed by atoms with Gasteiger partial charge >= 0.3 is 5.97 Å². The molecule has 19 heavy (non-hydrogen) atoms. The molecular formula is C12H9ClN2O3S. The van der Waals surface area contributed by atoms with Crippen LogP contribution in [0.15, 0.2) is 29.8 Å². The van der Waals surface area contributed by atoms with E-state index in [1.54, 1.807) is 17.5 Å². The van der Waals surface area contributed by atoms with Gasteiger partial charge in [0.1, 0.15) is 5.69 Å². The van der Waals surface area contributed by atoms with Crippen molar-refractivity contribution in [2.75, 3.05) is 12.4 Å². The zero-order valence-electron chi connectivity index (χ0n) is 9.84. The van der Waals surface area contributed by atoms with Crippen LogP contribution in [-0.2, 0) is 4.74 Å². The molecule has 0 saturated carbocycles. The first-order valence-electron chi connectivity index (χ1n) is 5.20. The number of hydrogen-bond acceptors (Lipinski definition) is 5. The Morgan fingerprint density at radius 2 is 2.21 bits per heavy atom. The van der Waals surface area contributed by atoms with Crippen LogP contribution in [0.5, 0.6) is 0 Å². The molecule has 0 aliphatic rings. The van der Waals surface area contributed by atoms with Crippen LogP contribution >= 0.6 is 22.9 Å². The maximum atomic E-state index is 11.8. The average molecular weight is 297 g/mol. The third-order valence-corrected chi connectivity index (χ3v) is 3.29. The SMILES string of the molecule is COC(=O)c1csc(NC(=O)c2ccc(Cl)cn2)c1. The maximum Gasteiger partial charge on any atom is 0.338 e. The number of anilines is 1.